The molecule has 1 saturated heterocycles. The molecule has 7 heteroatoms. The first-order chi connectivity index (χ1) is 20.4. The molecule has 0 spiro atoms. The highest BCUT2D eigenvalue weighted by Gasteiger charge is 2.31. The maximum Gasteiger partial charge on any atom is 0.318 e. The SMILES string of the molecule is CC(C)CCN(CC(C)(C)NC(=O)C(CC(C)C)NC(=O)N1CCCCCC1)c1ccc(CCC2(O)CCCCC2)cc1. The first kappa shape index (κ1) is 35.2. The lowest BCUT2D eigenvalue weighted by atomic mass is 9.81. The van der Waals surface area contributed by atoms with E-state index in [0.29, 0.717) is 18.9 Å². The quantitative estimate of drug-likeness (QED) is 0.214. The van der Waals surface area contributed by atoms with Crippen LogP contribution in [0.4, 0.5) is 10.5 Å². The molecule has 43 heavy (non-hydrogen) atoms. The summed E-state index contributed by atoms with van der Waals surface area (Å²) in [4.78, 5) is 31.0. The van der Waals surface area contributed by atoms with Gasteiger partial charge in [-0.15, -0.1) is 0 Å². The molecule has 1 aromatic carbocycles. The lowest BCUT2D eigenvalue weighted by molar-refractivity contribution is -0.124. The van der Waals surface area contributed by atoms with Gasteiger partial charge in [-0.2, -0.15) is 0 Å². The molecule has 0 aromatic heterocycles. The number of benzene rings is 1. The highest BCUT2D eigenvalue weighted by Crippen LogP contribution is 2.32. The topological polar surface area (TPSA) is 84.9 Å². The summed E-state index contributed by atoms with van der Waals surface area (Å²) in [6, 6.07) is 8.12. The summed E-state index contributed by atoms with van der Waals surface area (Å²) in [5.41, 5.74) is 1.41. The number of hydrogen-bond acceptors (Lipinski definition) is 4. The Balaban J connectivity index is 1.65. The largest absolute Gasteiger partial charge is 0.390 e. The van der Waals surface area contributed by atoms with Crippen molar-refractivity contribution in [2.75, 3.05) is 31.1 Å². The predicted octanol–water partition coefficient (Wildman–Crippen LogP) is 7.06. The molecule has 1 unspecified atom stereocenters. The molecule has 0 radical (unpaired) electrons. The van der Waals surface area contributed by atoms with Crippen LogP contribution in [0.2, 0.25) is 0 Å². The number of aliphatic hydroxyl groups is 1. The summed E-state index contributed by atoms with van der Waals surface area (Å²) in [6.45, 7) is 15.9. The van der Waals surface area contributed by atoms with Crippen molar-refractivity contribution >= 4 is 17.6 Å². The van der Waals surface area contributed by atoms with Gasteiger partial charge in [0.05, 0.1) is 11.1 Å². The Morgan fingerprint density at radius 1 is 0.930 bits per heavy atom. The smallest absolute Gasteiger partial charge is 0.318 e. The number of aryl methyl sites for hydroxylation is 1. The van der Waals surface area contributed by atoms with Crippen LogP contribution in [-0.4, -0.2) is 65.3 Å². The van der Waals surface area contributed by atoms with Gasteiger partial charge in [0.1, 0.15) is 6.04 Å². The van der Waals surface area contributed by atoms with E-state index in [0.717, 1.165) is 96.0 Å². The van der Waals surface area contributed by atoms with Crippen molar-refractivity contribution in [2.24, 2.45) is 11.8 Å². The van der Waals surface area contributed by atoms with E-state index in [1.165, 1.54) is 12.0 Å². The number of amides is 3. The molecule has 3 N–H and O–H groups in total. The van der Waals surface area contributed by atoms with Gasteiger partial charge in [-0.05, 0) is 94.7 Å². The molecular weight excluding hydrogens is 536 g/mol. The van der Waals surface area contributed by atoms with E-state index in [-0.39, 0.29) is 17.9 Å². The molecule has 3 amide bonds. The molecule has 244 valence electrons. The molecule has 1 aliphatic heterocycles. The maximum absolute atomic E-state index is 13.7. The van der Waals surface area contributed by atoms with Gasteiger partial charge in [-0.25, -0.2) is 4.79 Å². The van der Waals surface area contributed by atoms with Gasteiger partial charge in [0.25, 0.3) is 0 Å². The first-order valence-electron chi connectivity index (χ1n) is 17.3. The van der Waals surface area contributed by atoms with Crippen molar-refractivity contribution in [3.05, 3.63) is 29.8 Å². The number of anilines is 1. The average molecular weight is 599 g/mol. The summed E-state index contributed by atoms with van der Waals surface area (Å²) < 4.78 is 0. The van der Waals surface area contributed by atoms with Crippen LogP contribution in [0.1, 0.15) is 124 Å². The molecule has 1 atom stereocenters. The molecule has 0 bridgehead atoms. The number of carbonyl (C=O) groups excluding carboxylic acids is 2. The first-order valence-corrected chi connectivity index (χ1v) is 17.3. The normalized spacial score (nSPS) is 18.3. The zero-order valence-electron chi connectivity index (χ0n) is 28.2. The van der Waals surface area contributed by atoms with Gasteiger partial charge < -0.3 is 25.5 Å². The Morgan fingerprint density at radius 3 is 2.12 bits per heavy atom. The van der Waals surface area contributed by atoms with Gasteiger partial charge in [0, 0.05) is 31.9 Å². The Hall–Kier alpha value is -2.28. The molecule has 2 aliphatic rings. The van der Waals surface area contributed by atoms with Crippen molar-refractivity contribution in [3.63, 3.8) is 0 Å². The predicted molar refractivity (Wildman–Crippen MR) is 179 cm³/mol. The lowest BCUT2D eigenvalue weighted by Crippen LogP contribution is -2.58. The van der Waals surface area contributed by atoms with E-state index < -0.39 is 17.2 Å². The van der Waals surface area contributed by atoms with Crippen LogP contribution in [0, 0.1) is 11.8 Å². The molecule has 2 fully saturated rings. The molecular formula is C36H62N4O3. The van der Waals surface area contributed by atoms with E-state index in [1.807, 2.05) is 4.90 Å². The van der Waals surface area contributed by atoms with Crippen molar-refractivity contribution in [3.8, 4) is 0 Å². The van der Waals surface area contributed by atoms with Gasteiger partial charge in [-0.1, -0.05) is 71.9 Å². The van der Waals surface area contributed by atoms with Crippen molar-refractivity contribution < 1.29 is 14.7 Å². The Morgan fingerprint density at radius 2 is 1.53 bits per heavy atom. The summed E-state index contributed by atoms with van der Waals surface area (Å²) in [5, 5.41) is 17.3. The van der Waals surface area contributed by atoms with Crippen molar-refractivity contribution in [1.29, 1.82) is 0 Å². The third-order valence-electron chi connectivity index (χ3n) is 9.20. The van der Waals surface area contributed by atoms with Crippen LogP contribution in [0.25, 0.3) is 0 Å². The highest BCUT2D eigenvalue weighted by molar-refractivity contribution is 5.87. The van der Waals surface area contributed by atoms with Crippen LogP contribution in [0.15, 0.2) is 24.3 Å². The monoisotopic (exact) mass is 598 g/mol. The fraction of sp³-hybridized carbons (Fsp3) is 0.778. The third kappa shape index (κ3) is 12.3. The van der Waals surface area contributed by atoms with Crippen LogP contribution in [0.5, 0.6) is 0 Å². The van der Waals surface area contributed by atoms with E-state index in [4.69, 9.17) is 0 Å². The van der Waals surface area contributed by atoms with Gasteiger partial charge in [0.15, 0.2) is 0 Å². The lowest BCUT2D eigenvalue weighted by Gasteiger charge is -2.37. The molecule has 7 nitrogen and oxygen atoms in total. The minimum atomic E-state index is -0.558. The van der Waals surface area contributed by atoms with E-state index in [9.17, 15) is 14.7 Å². The summed E-state index contributed by atoms with van der Waals surface area (Å²) in [6.07, 6.45) is 13.1. The number of nitrogens with zero attached hydrogens (tertiary/aromatic N) is 2. The third-order valence-corrected chi connectivity index (χ3v) is 9.20. The zero-order chi connectivity index (χ0) is 31.5. The highest BCUT2D eigenvalue weighted by atomic mass is 16.3. The van der Waals surface area contributed by atoms with Crippen LogP contribution >= 0.6 is 0 Å². The van der Waals surface area contributed by atoms with Crippen LogP contribution < -0.4 is 15.5 Å². The van der Waals surface area contributed by atoms with E-state index >= 15 is 0 Å². The van der Waals surface area contributed by atoms with Crippen LogP contribution in [-0.2, 0) is 11.2 Å². The van der Waals surface area contributed by atoms with Gasteiger partial charge in [-0.3, -0.25) is 4.79 Å². The Bertz CT molecular complexity index is 977. The standard InChI is InChI=1S/C36H62N4O3/c1-28(2)19-25-40(31-16-14-30(15-17-31)18-22-36(43)20-10-9-11-21-36)27-35(5,6)38-33(41)32(26-29(3)4)37-34(42)39-23-12-7-8-13-24-39/h14-17,28-29,32,43H,7-13,18-27H2,1-6H3,(H,37,42)(H,38,41). The molecule has 1 heterocycles. The molecule has 1 aliphatic carbocycles. The van der Waals surface area contributed by atoms with Gasteiger partial charge >= 0.3 is 6.03 Å². The second-order valence-electron chi connectivity index (χ2n) is 15.0. The van der Waals surface area contributed by atoms with Gasteiger partial charge in [0.2, 0.25) is 5.91 Å². The average Bonchev–Trinajstić information content (AvgIpc) is 3.24. The van der Waals surface area contributed by atoms with Crippen molar-refractivity contribution in [2.45, 2.75) is 142 Å². The minimum absolute atomic E-state index is 0.110. The van der Waals surface area contributed by atoms with E-state index in [1.54, 1.807) is 0 Å². The molecule has 1 saturated carbocycles. The number of likely N-dealkylation sites (tertiary alicyclic amines) is 1. The summed E-state index contributed by atoms with van der Waals surface area (Å²) in [7, 11) is 0. The maximum atomic E-state index is 13.7. The zero-order valence-corrected chi connectivity index (χ0v) is 28.2. The number of rotatable bonds is 14. The summed E-state index contributed by atoms with van der Waals surface area (Å²) >= 11 is 0. The molecule has 3 rings (SSSR count). The second-order valence-corrected chi connectivity index (χ2v) is 15.0. The van der Waals surface area contributed by atoms with E-state index in [2.05, 4.69) is 81.3 Å². The fourth-order valence-corrected chi connectivity index (χ4v) is 6.58. The molecule has 1 aromatic rings. The number of urea groups is 1. The minimum Gasteiger partial charge on any atom is -0.390 e. The fourth-order valence-electron chi connectivity index (χ4n) is 6.58. The Labute approximate surface area is 262 Å². The van der Waals surface area contributed by atoms with Crippen LogP contribution in [0.3, 0.4) is 0 Å². The number of hydrogen-bond donors (Lipinski definition) is 3. The summed E-state index contributed by atoms with van der Waals surface area (Å²) in [5.74, 6) is 0.741. The van der Waals surface area contributed by atoms with Crippen molar-refractivity contribution in [1.82, 2.24) is 15.5 Å². The number of nitrogens with one attached hydrogen (secondary N) is 2. The number of carbonyl (C=O) groups is 2. The Kier molecular flexibility index (Phi) is 13.7. The second kappa shape index (κ2) is 16.7.